The molecule has 3 aromatic rings. The highest BCUT2D eigenvalue weighted by Gasteiger charge is 2.75. The molecule has 2 aromatic carbocycles. The first-order chi connectivity index (χ1) is 19.4. The number of halogens is 5. The van der Waals surface area contributed by atoms with E-state index in [2.05, 4.69) is 47.8 Å². The van der Waals surface area contributed by atoms with E-state index < -0.39 is 44.9 Å². The van der Waals surface area contributed by atoms with Crippen molar-refractivity contribution < 1.29 is 19.4 Å². The number of fused-ring (bicyclic) bond motifs is 4. The van der Waals surface area contributed by atoms with Crippen molar-refractivity contribution in [1.29, 1.82) is 0 Å². The number of methoxy groups -OCH3 is 1. The zero-order valence-corrected chi connectivity index (χ0v) is 27.3. The number of aromatic nitrogens is 3. The van der Waals surface area contributed by atoms with Crippen molar-refractivity contribution in [2.45, 2.75) is 34.7 Å². The maximum atomic E-state index is 13.9. The topological polar surface area (TPSA) is 116 Å². The summed E-state index contributed by atoms with van der Waals surface area (Å²) in [5.41, 5.74) is -0.0670. The molecule has 4 atom stereocenters. The van der Waals surface area contributed by atoms with Crippen LogP contribution in [0, 0.1) is 0 Å². The molecule has 0 spiro atoms. The zero-order valence-electron chi connectivity index (χ0n) is 21.0. The van der Waals surface area contributed by atoms with Crippen molar-refractivity contribution in [2.24, 2.45) is 0 Å². The lowest BCUT2D eigenvalue weighted by molar-refractivity contribution is -0.138. The molecule has 3 heterocycles. The van der Waals surface area contributed by atoms with Crippen LogP contribution in [0.5, 0.6) is 11.5 Å². The highest BCUT2D eigenvalue weighted by atomic mass is 79.9. The number of carbonyl (C=O) groups excluding carboxylic acids is 2. The van der Waals surface area contributed by atoms with Crippen LogP contribution in [-0.4, -0.2) is 58.1 Å². The average Bonchev–Trinajstić information content (AvgIpc) is 3.30. The first kappa shape index (κ1) is 28.8. The van der Waals surface area contributed by atoms with Gasteiger partial charge in [0.1, 0.15) is 0 Å². The van der Waals surface area contributed by atoms with Crippen molar-refractivity contribution in [3.63, 3.8) is 0 Å². The standard InChI is InChI=1S/C26H19Br3Cl2N4O6/c1-41-16-9-14(18(28)19(29)20(16)36)17-13-7-8-33-23(39)34(12-5-3-2-4-6-12)24(40)35(33)15(13)10-25(30)21(37)32(11-27)22(38)26(17,25)31/h2-7,9,15,17,36H,8,10-11H2,1H3. The van der Waals surface area contributed by atoms with Crippen LogP contribution in [0.2, 0.25) is 0 Å². The Morgan fingerprint density at radius 3 is 2.37 bits per heavy atom. The predicted octanol–water partition coefficient (Wildman–Crippen LogP) is 4.38. The molecule has 1 saturated heterocycles. The minimum atomic E-state index is -2.03. The van der Waals surface area contributed by atoms with Gasteiger partial charge in [-0.25, -0.2) is 23.5 Å². The fraction of sp³-hybridized carbons (Fsp3) is 0.308. The Bertz CT molecular complexity index is 1800. The molecular formula is C26H19Br3Cl2N4O6. The van der Waals surface area contributed by atoms with Crippen molar-refractivity contribution in [3.05, 3.63) is 83.5 Å². The van der Waals surface area contributed by atoms with Gasteiger partial charge in [0, 0.05) is 16.8 Å². The molecule has 214 valence electrons. The SMILES string of the molecule is COc1cc(C2C3=CCn4c(=O)n(-c5ccccc5)c(=O)n4C3CC3(Cl)C(=O)N(CBr)C(=O)C23Cl)c(Br)c(Br)c1O. The van der Waals surface area contributed by atoms with Crippen molar-refractivity contribution in [1.82, 2.24) is 18.8 Å². The van der Waals surface area contributed by atoms with Crippen molar-refractivity contribution in [2.75, 3.05) is 12.6 Å². The number of likely N-dealkylation sites (tertiary alicyclic amines) is 1. The van der Waals surface area contributed by atoms with Crippen LogP contribution in [0.15, 0.2) is 66.6 Å². The number of ether oxygens (including phenoxy) is 1. The summed E-state index contributed by atoms with van der Waals surface area (Å²) < 4.78 is 9.58. The van der Waals surface area contributed by atoms with Gasteiger partial charge in [0.2, 0.25) is 0 Å². The van der Waals surface area contributed by atoms with Crippen LogP contribution >= 0.6 is 71.0 Å². The third-order valence-electron chi connectivity index (χ3n) is 8.00. The lowest BCUT2D eigenvalue weighted by Gasteiger charge is -2.49. The molecule has 6 rings (SSSR count). The molecule has 1 aliphatic carbocycles. The quantitative estimate of drug-likeness (QED) is 0.182. The number of para-hydroxylation sites is 1. The fourth-order valence-corrected chi connectivity index (χ4v) is 8.49. The van der Waals surface area contributed by atoms with Gasteiger partial charge in [-0.15, -0.1) is 23.2 Å². The Labute approximate surface area is 267 Å². The smallest absolute Gasteiger partial charge is 0.352 e. The van der Waals surface area contributed by atoms with Crippen LogP contribution in [0.4, 0.5) is 0 Å². The number of imide groups is 1. The number of phenols is 1. The molecule has 0 bridgehead atoms. The molecule has 15 heteroatoms. The minimum Gasteiger partial charge on any atom is -0.503 e. The number of aromatic hydroxyl groups is 1. The number of carbonyl (C=O) groups is 2. The van der Waals surface area contributed by atoms with Gasteiger partial charge in [0.05, 0.1) is 35.3 Å². The van der Waals surface area contributed by atoms with Gasteiger partial charge in [-0.3, -0.25) is 14.5 Å². The fourth-order valence-electron chi connectivity index (χ4n) is 6.14. The Balaban J connectivity index is 1.66. The second-order valence-electron chi connectivity index (χ2n) is 9.84. The first-order valence-corrected chi connectivity index (χ1v) is 15.6. The summed E-state index contributed by atoms with van der Waals surface area (Å²) in [5.74, 6) is -2.65. The molecule has 2 amide bonds. The number of nitrogens with zero attached hydrogens (tertiary/aromatic N) is 4. The Kier molecular flexibility index (Phi) is 6.93. The molecule has 1 N–H and O–H groups in total. The number of allylic oxidation sites excluding steroid dienone is 2. The van der Waals surface area contributed by atoms with Crippen molar-refractivity contribution >= 4 is 82.8 Å². The summed E-state index contributed by atoms with van der Waals surface area (Å²) in [6, 6.07) is 9.07. The molecule has 3 aliphatic rings. The summed E-state index contributed by atoms with van der Waals surface area (Å²) in [5, 5.41) is 10.6. The van der Waals surface area contributed by atoms with E-state index in [1.807, 2.05) is 0 Å². The number of alkyl halides is 3. The van der Waals surface area contributed by atoms with Crippen molar-refractivity contribution in [3.8, 4) is 17.2 Å². The Morgan fingerprint density at radius 2 is 1.73 bits per heavy atom. The summed E-state index contributed by atoms with van der Waals surface area (Å²) in [6.45, 7) is -0.00318. The molecule has 2 aliphatic heterocycles. The highest BCUT2D eigenvalue weighted by Crippen LogP contribution is 2.65. The number of hydrogen-bond acceptors (Lipinski definition) is 6. The zero-order chi connectivity index (χ0) is 29.6. The van der Waals surface area contributed by atoms with Gasteiger partial charge >= 0.3 is 11.4 Å². The second-order valence-corrected chi connectivity index (χ2v) is 13.2. The summed E-state index contributed by atoms with van der Waals surface area (Å²) in [6.07, 6.45) is 1.50. The Hall–Kier alpha value is -2.32. The minimum absolute atomic E-state index is 0.00318. The van der Waals surface area contributed by atoms with Gasteiger partial charge < -0.3 is 9.84 Å². The van der Waals surface area contributed by atoms with Crippen LogP contribution in [0.1, 0.15) is 23.9 Å². The third-order valence-corrected chi connectivity index (χ3v) is 12.1. The van der Waals surface area contributed by atoms with Gasteiger partial charge in [0.15, 0.2) is 21.2 Å². The van der Waals surface area contributed by atoms with Gasteiger partial charge in [0.25, 0.3) is 11.8 Å². The number of phenolic OH excluding ortho intramolecular Hbond substituents is 1. The molecule has 1 aromatic heterocycles. The molecule has 2 fully saturated rings. The molecule has 1 saturated carbocycles. The van der Waals surface area contributed by atoms with E-state index in [1.165, 1.54) is 22.5 Å². The second kappa shape index (κ2) is 9.87. The summed E-state index contributed by atoms with van der Waals surface area (Å²) >= 11 is 24.5. The number of rotatable bonds is 4. The van der Waals surface area contributed by atoms with Gasteiger partial charge in [-0.05, 0) is 61.2 Å². The average molecular weight is 794 g/mol. The van der Waals surface area contributed by atoms with E-state index in [4.69, 9.17) is 27.9 Å². The Morgan fingerprint density at radius 1 is 1.05 bits per heavy atom. The van der Waals surface area contributed by atoms with Crippen LogP contribution in [-0.2, 0) is 16.1 Å². The number of hydrogen-bond donors (Lipinski definition) is 1. The lowest BCUT2D eigenvalue weighted by Crippen LogP contribution is -2.59. The van der Waals surface area contributed by atoms with Crippen LogP contribution < -0.4 is 16.1 Å². The summed E-state index contributed by atoms with van der Waals surface area (Å²) in [7, 11) is 1.37. The maximum absolute atomic E-state index is 13.9. The molecule has 4 unspecified atom stereocenters. The molecule has 10 nitrogen and oxygen atoms in total. The first-order valence-electron chi connectivity index (χ1n) is 12.2. The molecule has 41 heavy (non-hydrogen) atoms. The van der Waals surface area contributed by atoms with E-state index >= 15 is 0 Å². The van der Waals surface area contributed by atoms with E-state index in [-0.39, 0.29) is 34.4 Å². The van der Waals surface area contributed by atoms with E-state index in [1.54, 1.807) is 36.4 Å². The van der Waals surface area contributed by atoms with Gasteiger partial charge in [-0.1, -0.05) is 40.2 Å². The highest BCUT2D eigenvalue weighted by molar-refractivity contribution is 9.13. The maximum Gasteiger partial charge on any atom is 0.352 e. The normalized spacial score (nSPS) is 26.9. The predicted molar refractivity (Wildman–Crippen MR) is 162 cm³/mol. The number of benzene rings is 2. The van der Waals surface area contributed by atoms with E-state index in [9.17, 15) is 24.3 Å². The monoisotopic (exact) mass is 790 g/mol. The van der Waals surface area contributed by atoms with E-state index in [0.717, 1.165) is 9.47 Å². The molecular weight excluding hydrogens is 775 g/mol. The summed E-state index contributed by atoms with van der Waals surface area (Å²) in [4.78, 5) is 52.0. The van der Waals surface area contributed by atoms with Crippen LogP contribution in [0.3, 0.4) is 0 Å². The lowest BCUT2D eigenvalue weighted by atomic mass is 9.64. The number of amides is 2. The molecule has 0 radical (unpaired) electrons. The van der Waals surface area contributed by atoms with E-state index in [0.29, 0.717) is 21.3 Å². The largest absolute Gasteiger partial charge is 0.503 e. The van der Waals surface area contributed by atoms with Crippen LogP contribution in [0.25, 0.3) is 5.69 Å². The third kappa shape index (κ3) is 3.65. The van der Waals surface area contributed by atoms with Gasteiger partial charge in [-0.2, -0.15) is 0 Å².